The van der Waals surface area contributed by atoms with Crippen LogP contribution < -0.4 is 0 Å². The molecule has 72 valence electrons. The second-order valence-electron chi connectivity index (χ2n) is 2.79. The van der Waals surface area contributed by atoms with Crippen molar-refractivity contribution in [3.63, 3.8) is 0 Å². The number of ether oxygens (including phenoxy) is 3. The van der Waals surface area contributed by atoms with E-state index in [2.05, 4.69) is 4.74 Å². The van der Waals surface area contributed by atoms with Crippen LogP contribution in [-0.2, 0) is 14.2 Å². The topological polar surface area (TPSA) is 44.8 Å². The van der Waals surface area contributed by atoms with Crippen molar-refractivity contribution in [2.24, 2.45) is 0 Å². The van der Waals surface area contributed by atoms with Gasteiger partial charge in [-0.25, -0.2) is 4.15 Å². The normalized spacial score (nSPS) is 16.1. The Labute approximate surface area is 75.3 Å². The number of carbonyl (C=O) groups is 1. The highest BCUT2D eigenvalue weighted by atomic mass is 28.2. The van der Waals surface area contributed by atoms with E-state index in [0.717, 1.165) is 0 Å². The van der Waals surface area contributed by atoms with E-state index in [-0.39, 0.29) is 10.2 Å². The minimum absolute atomic E-state index is 0.0174. The number of rotatable bonds is 3. The molecule has 0 heterocycles. The Morgan fingerprint density at radius 3 is 2.00 bits per heavy atom. The molecule has 0 radical (unpaired) electrons. The molecule has 0 aliphatic rings. The van der Waals surface area contributed by atoms with Gasteiger partial charge in [0.1, 0.15) is 0 Å². The monoisotopic (exact) mass is 194 g/mol. The smallest absolute Gasteiger partial charge is 0.425 e. The molecule has 12 heavy (non-hydrogen) atoms. The molecule has 1 amide bonds. The summed E-state index contributed by atoms with van der Waals surface area (Å²) in [4.78, 5) is 11.2. The van der Waals surface area contributed by atoms with Gasteiger partial charge in [-0.3, -0.25) is 0 Å². The van der Waals surface area contributed by atoms with Crippen LogP contribution in [0.4, 0.5) is 4.79 Å². The summed E-state index contributed by atoms with van der Waals surface area (Å²) < 4.78 is 14.6. The third kappa shape index (κ3) is 2.28. The molecule has 0 aromatic heterocycles. The second kappa shape index (κ2) is 4.56. The Morgan fingerprint density at radius 1 is 1.33 bits per heavy atom. The summed E-state index contributed by atoms with van der Waals surface area (Å²) >= 11 is 0. The predicted octanol–water partition coefficient (Wildman–Crippen LogP) is -0.944. The number of nitrogens with zero attached hydrogens (tertiary/aromatic N) is 1. The summed E-state index contributed by atoms with van der Waals surface area (Å²) in [5.41, 5.74) is 0. The summed E-state index contributed by atoms with van der Waals surface area (Å²) in [5.74, 6) is 0. The lowest BCUT2D eigenvalue weighted by Crippen LogP contribution is -2.56. The van der Waals surface area contributed by atoms with Gasteiger partial charge in [-0.15, -0.1) is 0 Å². The zero-order valence-corrected chi connectivity index (χ0v) is 10.2. The van der Waals surface area contributed by atoms with E-state index in [1.54, 1.807) is 7.05 Å². The maximum absolute atomic E-state index is 11.2. The van der Waals surface area contributed by atoms with Crippen LogP contribution in [0.3, 0.4) is 0 Å². The van der Waals surface area contributed by atoms with E-state index in [1.807, 2.05) is 0 Å². The van der Waals surface area contributed by atoms with Gasteiger partial charge in [0, 0.05) is 14.2 Å². The Kier molecular flexibility index (Phi) is 4.39. The highest BCUT2D eigenvalue weighted by Crippen LogP contribution is 2.09. The van der Waals surface area contributed by atoms with Gasteiger partial charge in [-0.2, -0.15) is 4.79 Å². The van der Waals surface area contributed by atoms with Crippen molar-refractivity contribution in [1.82, 2.24) is 0 Å². The maximum atomic E-state index is 11.2. The van der Waals surface area contributed by atoms with Crippen LogP contribution in [0.1, 0.15) is 0 Å². The van der Waals surface area contributed by atoms with Crippen LogP contribution in [-0.4, -0.2) is 55.4 Å². The van der Waals surface area contributed by atoms with Crippen LogP contribution >= 0.6 is 0 Å². The van der Waals surface area contributed by atoms with Crippen molar-refractivity contribution >= 4 is 16.5 Å². The quantitative estimate of drug-likeness (QED) is 0.429. The van der Waals surface area contributed by atoms with Gasteiger partial charge in [0.25, 0.3) is 10.4 Å². The Morgan fingerprint density at radius 2 is 1.75 bits per heavy atom. The average Bonchev–Trinajstić information content (AvgIpc) is 2.04. The van der Waals surface area contributed by atoms with Crippen molar-refractivity contribution in [3.8, 4) is 0 Å². The van der Waals surface area contributed by atoms with Crippen LogP contribution in [0.2, 0.25) is 0 Å². The van der Waals surface area contributed by atoms with Gasteiger partial charge < -0.3 is 14.2 Å². The molecule has 0 N–H and O–H groups in total. The average molecular weight is 194 g/mol. The molecule has 0 aliphatic carbocycles. The van der Waals surface area contributed by atoms with E-state index < -0.39 is 6.41 Å². The van der Waals surface area contributed by atoms with Gasteiger partial charge >= 0.3 is 12.5 Å². The molecule has 0 fully saturated rings. The minimum Gasteiger partial charge on any atom is -0.425 e. The molecule has 1 unspecified atom stereocenters. The van der Waals surface area contributed by atoms with E-state index in [1.165, 1.54) is 21.3 Å². The summed E-state index contributed by atoms with van der Waals surface area (Å²) in [6.45, 7) is 0. The van der Waals surface area contributed by atoms with Gasteiger partial charge in [-0.05, 0) is 0 Å². The minimum atomic E-state index is -0.580. The fourth-order valence-corrected chi connectivity index (χ4v) is 1.55. The first kappa shape index (κ1) is 11.6. The van der Waals surface area contributed by atoms with Gasteiger partial charge in [0.05, 0.1) is 14.2 Å². The molecule has 0 aromatic rings. The Hall–Kier alpha value is -0.433. The fraction of sp³-hybridized carbons (Fsp3) is 0.833. The number of hydrogen-bond donors (Lipinski definition) is 0. The van der Waals surface area contributed by atoms with Crippen LogP contribution in [0.5, 0.6) is 0 Å². The summed E-state index contributed by atoms with van der Waals surface area (Å²) in [6, 6.07) is 0. The summed E-state index contributed by atoms with van der Waals surface area (Å²) in [6.07, 6.45) is -0.931. The maximum Gasteiger partial charge on any atom is 0.501 e. The second-order valence-corrected chi connectivity index (χ2v) is 4.65. The van der Waals surface area contributed by atoms with E-state index in [0.29, 0.717) is 10.4 Å². The van der Waals surface area contributed by atoms with E-state index in [4.69, 9.17) is 9.47 Å². The fourth-order valence-electron chi connectivity index (χ4n) is 0.945. The highest BCUT2D eigenvalue weighted by Gasteiger charge is 2.36. The first-order valence-electron chi connectivity index (χ1n) is 3.48. The number of hydrogen-bond acceptors (Lipinski definition) is 4. The third-order valence-corrected chi connectivity index (χ3v) is 2.36. The van der Waals surface area contributed by atoms with Crippen molar-refractivity contribution in [2.45, 2.75) is 6.41 Å². The molecule has 5 nitrogen and oxygen atoms in total. The molecule has 0 saturated heterocycles. The van der Waals surface area contributed by atoms with Crippen molar-refractivity contribution in [2.75, 3.05) is 28.4 Å². The van der Waals surface area contributed by atoms with Crippen LogP contribution in [0, 0.1) is 0 Å². The Balaban J connectivity index is 4.44. The lowest BCUT2D eigenvalue weighted by atomic mass is 10.8. The van der Waals surface area contributed by atoms with Gasteiger partial charge in [0.15, 0.2) is 0 Å². The van der Waals surface area contributed by atoms with Crippen LogP contribution in [0.25, 0.3) is 0 Å². The standard InChI is InChI=1S/C6H16NO4Si/c1-7(12,5(8)9-2)6(10-3)11-4/h6H,1-4,12H3/q+1. The first-order chi connectivity index (χ1) is 5.50. The summed E-state index contributed by atoms with van der Waals surface area (Å²) in [5, 5.41) is 0. The molecule has 0 saturated carbocycles. The molecular formula is C6H16NO4Si+. The summed E-state index contributed by atoms with van der Waals surface area (Å²) in [7, 11) is 6.59. The molecule has 0 aliphatic heterocycles. The number of quaternary nitrogens is 1. The molecular weight excluding hydrogens is 178 g/mol. The largest absolute Gasteiger partial charge is 0.501 e. The van der Waals surface area contributed by atoms with E-state index >= 15 is 0 Å². The van der Waals surface area contributed by atoms with Crippen molar-refractivity contribution in [3.05, 3.63) is 0 Å². The molecule has 0 bridgehead atoms. The lowest BCUT2D eigenvalue weighted by Gasteiger charge is -2.31. The molecule has 0 aromatic carbocycles. The van der Waals surface area contributed by atoms with Gasteiger partial charge in [0.2, 0.25) is 0 Å². The zero-order valence-electron chi connectivity index (χ0n) is 8.16. The number of amides is 1. The lowest BCUT2D eigenvalue weighted by molar-refractivity contribution is -0.813. The van der Waals surface area contributed by atoms with Crippen LogP contribution in [0.15, 0.2) is 0 Å². The number of methoxy groups -OCH3 is 3. The highest BCUT2D eigenvalue weighted by molar-refractivity contribution is 6.03. The van der Waals surface area contributed by atoms with Crippen molar-refractivity contribution < 1.29 is 23.2 Å². The first-order valence-corrected chi connectivity index (χ1v) is 4.38. The molecule has 0 spiro atoms. The molecule has 6 heteroatoms. The SMILES string of the molecule is COC(=O)[N+](C)([SiH3])C(OC)OC. The Bertz CT molecular complexity index is 158. The predicted molar refractivity (Wildman–Crippen MR) is 46.3 cm³/mol. The third-order valence-electron chi connectivity index (χ3n) is 1.58. The van der Waals surface area contributed by atoms with E-state index in [9.17, 15) is 4.79 Å². The molecule has 0 rings (SSSR count). The van der Waals surface area contributed by atoms with Gasteiger partial charge in [-0.1, -0.05) is 0 Å². The number of carbonyl (C=O) groups excluding carboxylic acids is 1. The molecule has 1 atom stereocenters. The zero-order chi connectivity index (χ0) is 9.78. The van der Waals surface area contributed by atoms with Crippen molar-refractivity contribution in [1.29, 1.82) is 0 Å².